The molecule has 0 fully saturated rings. The second kappa shape index (κ2) is 5.15. The number of aliphatic hydroxyl groups is 1. The van der Waals surface area contributed by atoms with Crippen molar-refractivity contribution in [2.45, 2.75) is 43.9 Å². The fourth-order valence-corrected chi connectivity index (χ4v) is 1.77. The largest absolute Gasteiger partial charge is 0.459 e. The number of halogens is 7. The number of aryl methyl sites for hydroxylation is 1. The van der Waals surface area contributed by atoms with Gasteiger partial charge in [-0.25, -0.2) is 0 Å². The maximum Gasteiger partial charge on any atom is 0.459 e. The highest BCUT2D eigenvalue weighted by Crippen LogP contribution is 2.50. The summed E-state index contributed by atoms with van der Waals surface area (Å²) in [5.74, 6) is -11.7. The molecule has 1 aromatic rings. The summed E-state index contributed by atoms with van der Waals surface area (Å²) in [6.45, 7) is 2.42. The minimum atomic E-state index is -6.40. The van der Waals surface area contributed by atoms with Crippen LogP contribution in [0.4, 0.5) is 30.7 Å². The quantitative estimate of drug-likeness (QED) is 0.815. The molecule has 0 spiro atoms. The first kappa shape index (κ1) is 17.7. The second-order valence-electron chi connectivity index (χ2n) is 5.09. The van der Waals surface area contributed by atoms with Gasteiger partial charge >= 0.3 is 18.0 Å². The highest BCUT2D eigenvalue weighted by Gasteiger charge is 2.73. The molecule has 1 aromatic carbocycles. The van der Waals surface area contributed by atoms with Gasteiger partial charge in [-0.15, -0.1) is 0 Å². The molecule has 1 atom stereocenters. The van der Waals surface area contributed by atoms with E-state index in [1.807, 2.05) is 0 Å². The molecule has 0 aliphatic heterocycles. The lowest BCUT2D eigenvalue weighted by Crippen LogP contribution is -2.54. The molecule has 0 radical (unpaired) electrons. The van der Waals surface area contributed by atoms with Crippen molar-refractivity contribution in [1.82, 2.24) is 0 Å². The first-order valence-corrected chi connectivity index (χ1v) is 5.82. The Kier molecular flexibility index (Phi) is 4.35. The SMILES string of the molecule is Cc1ccc(C(C)(O)CC(F)(F)C(F)(F)C(F)(F)F)cc1. The second-order valence-corrected chi connectivity index (χ2v) is 5.09. The van der Waals surface area contributed by atoms with Crippen molar-refractivity contribution in [3.05, 3.63) is 35.4 Å². The molecule has 1 rings (SSSR count). The normalized spacial score (nSPS) is 16.7. The summed E-state index contributed by atoms with van der Waals surface area (Å²) in [5.41, 5.74) is -2.00. The maximum absolute atomic E-state index is 13.3. The summed E-state index contributed by atoms with van der Waals surface area (Å²) in [6, 6.07) is 5.22. The van der Waals surface area contributed by atoms with Crippen molar-refractivity contribution >= 4 is 0 Å². The van der Waals surface area contributed by atoms with Crippen molar-refractivity contribution in [1.29, 1.82) is 0 Å². The van der Waals surface area contributed by atoms with E-state index in [1.165, 1.54) is 24.3 Å². The Bertz CT molecular complexity index is 488. The molecule has 0 aliphatic carbocycles. The molecule has 8 heteroatoms. The molecular weight excluding hydrogens is 305 g/mol. The zero-order valence-electron chi connectivity index (χ0n) is 11.1. The van der Waals surface area contributed by atoms with Gasteiger partial charge in [0, 0.05) is 0 Å². The molecule has 1 nitrogen and oxygen atoms in total. The molecule has 0 aromatic heterocycles. The van der Waals surface area contributed by atoms with Crippen LogP contribution in [0.2, 0.25) is 0 Å². The van der Waals surface area contributed by atoms with Gasteiger partial charge in [0.05, 0.1) is 12.0 Å². The van der Waals surface area contributed by atoms with Gasteiger partial charge in [0.25, 0.3) is 0 Å². The highest BCUT2D eigenvalue weighted by molar-refractivity contribution is 5.26. The molecule has 0 amide bonds. The summed E-state index contributed by atoms with van der Waals surface area (Å²) >= 11 is 0. The van der Waals surface area contributed by atoms with Crippen LogP contribution in [0.15, 0.2) is 24.3 Å². The predicted octanol–water partition coefficient (Wildman–Crippen LogP) is 4.43. The van der Waals surface area contributed by atoms with Gasteiger partial charge < -0.3 is 5.11 Å². The Hall–Kier alpha value is -1.31. The highest BCUT2D eigenvalue weighted by atomic mass is 19.4. The van der Waals surface area contributed by atoms with Gasteiger partial charge in [-0.2, -0.15) is 30.7 Å². The Balaban J connectivity index is 3.09. The van der Waals surface area contributed by atoms with E-state index in [4.69, 9.17) is 0 Å². The molecule has 1 N–H and O–H groups in total. The van der Waals surface area contributed by atoms with E-state index >= 15 is 0 Å². The third-order valence-electron chi connectivity index (χ3n) is 3.06. The average Bonchev–Trinajstić information content (AvgIpc) is 2.26. The van der Waals surface area contributed by atoms with E-state index < -0.39 is 30.0 Å². The standard InChI is InChI=1S/C13H13F7O/c1-8-3-5-9(6-4-8)10(2,21)7-11(14,15)12(16,17)13(18,19)20/h3-6,21H,7H2,1-2H3. The van der Waals surface area contributed by atoms with Crippen LogP contribution in [0.25, 0.3) is 0 Å². The van der Waals surface area contributed by atoms with Crippen LogP contribution in [-0.2, 0) is 5.60 Å². The molecule has 0 saturated carbocycles. The molecule has 1 unspecified atom stereocenters. The Morgan fingerprint density at radius 2 is 1.33 bits per heavy atom. The fraction of sp³-hybridized carbons (Fsp3) is 0.538. The minimum absolute atomic E-state index is 0.175. The van der Waals surface area contributed by atoms with Gasteiger partial charge in [-0.1, -0.05) is 29.8 Å². The maximum atomic E-state index is 13.3. The third kappa shape index (κ3) is 3.48. The average molecular weight is 318 g/mol. The first-order chi connectivity index (χ1) is 9.21. The van der Waals surface area contributed by atoms with E-state index in [0.717, 1.165) is 6.92 Å². The summed E-state index contributed by atoms with van der Waals surface area (Å²) in [4.78, 5) is 0. The number of hydrogen-bond donors (Lipinski definition) is 1. The van der Waals surface area contributed by atoms with Crippen molar-refractivity contribution in [2.24, 2.45) is 0 Å². The van der Waals surface area contributed by atoms with Gasteiger partial charge in [-0.05, 0) is 19.4 Å². The minimum Gasteiger partial charge on any atom is -0.385 e. The van der Waals surface area contributed by atoms with Crippen LogP contribution in [-0.4, -0.2) is 23.1 Å². The van der Waals surface area contributed by atoms with Gasteiger partial charge in [0.15, 0.2) is 0 Å². The zero-order chi connectivity index (χ0) is 16.7. The molecule has 0 bridgehead atoms. The lowest BCUT2D eigenvalue weighted by molar-refractivity contribution is -0.361. The number of rotatable bonds is 4. The van der Waals surface area contributed by atoms with E-state index in [2.05, 4.69) is 0 Å². The molecule has 0 aliphatic rings. The Morgan fingerprint density at radius 1 is 0.905 bits per heavy atom. The van der Waals surface area contributed by atoms with Crippen LogP contribution >= 0.6 is 0 Å². The van der Waals surface area contributed by atoms with Crippen molar-refractivity contribution < 1.29 is 35.8 Å². The Labute approximate surface area is 116 Å². The Morgan fingerprint density at radius 3 is 1.71 bits per heavy atom. The van der Waals surface area contributed by atoms with Crippen LogP contribution in [0.3, 0.4) is 0 Å². The molecular formula is C13H13F7O. The zero-order valence-corrected chi connectivity index (χ0v) is 11.1. The van der Waals surface area contributed by atoms with Gasteiger partial charge in [-0.3, -0.25) is 0 Å². The molecule has 0 saturated heterocycles. The first-order valence-electron chi connectivity index (χ1n) is 5.82. The van der Waals surface area contributed by atoms with Crippen LogP contribution in [0.1, 0.15) is 24.5 Å². The number of alkyl halides is 7. The van der Waals surface area contributed by atoms with E-state index in [0.29, 0.717) is 5.56 Å². The van der Waals surface area contributed by atoms with Gasteiger partial charge in [0.1, 0.15) is 0 Å². The van der Waals surface area contributed by atoms with Crippen LogP contribution < -0.4 is 0 Å². The summed E-state index contributed by atoms with van der Waals surface area (Å²) < 4.78 is 88.5. The monoisotopic (exact) mass is 318 g/mol. The van der Waals surface area contributed by atoms with Crippen molar-refractivity contribution in [3.8, 4) is 0 Å². The lowest BCUT2D eigenvalue weighted by Gasteiger charge is -2.34. The predicted molar refractivity (Wildman–Crippen MR) is 61.3 cm³/mol. The number of hydrogen-bond acceptors (Lipinski definition) is 1. The van der Waals surface area contributed by atoms with Gasteiger partial charge in [0.2, 0.25) is 0 Å². The lowest BCUT2D eigenvalue weighted by atomic mass is 9.87. The van der Waals surface area contributed by atoms with Crippen LogP contribution in [0, 0.1) is 6.92 Å². The smallest absolute Gasteiger partial charge is 0.385 e. The third-order valence-corrected chi connectivity index (χ3v) is 3.06. The molecule has 21 heavy (non-hydrogen) atoms. The summed E-state index contributed by atoms with van der Waals surface area (Å²) in [6.07, 6.45) is -8.46. The molecule has 0 heterocycles. The molecule has 120 valence electrons. The topological polar surface area (TPSA) is 20.2 Å². The summed E-state index contributed by atoms with van der Waals surface area (Å²) in [7, 11) is 0. The van der Waals surface area contributed by atoms with Crippen molar-refractivity contribution in [3.63, 3.8) is 0 Å². The van der Waals surface area contributed by atoms with Crippen molar-refractivity contribution in [2.75, 3.05) is 0 Å². The van der Waals surface area contributed by atoms with E-state index in [9.17, 15) is 35.8 Å². The van der Waals surface area contributed by atoms with E-state index in [-0.39, 0.29) is 5.56 Å². The fourth-order valence-electron chi connectivity index (χ4n) is 1.77. The summed E-state index contributed by atoms with van der Waals surface area (Å²) in [5, 5.41) is 9.86. The number of benzene rings is 1. The van der Waals surface area contributed by atoms with Crippen LogP contribution in [0.5, 0.6) is 0 Å². The van der Waals surface area contributed by atoms with E-state index in [1.54, 1.807) is 6.92 Å².